The number of ether oxygens (including phenoxy) is 4. The maximum atomic E-state index is 13.7. The molecular formula is C56H50N4O7Si. The topological polar surface area (TPSA) is 101 Å². The second kappa shape index (κ2) is 14.0. The van der Waals surface area contributed by atoms with Gasteiger partial charge in [0.1, 0.15) is 19.6 Å². The van der Waals surface area contributed by atoms with Gasteiger partial charge in [0.2, 0.25) is 0 Å². The number of nitrogens with zero attached hydrogens (tertiary/aromatic N) is 4. The Kier molecular flexibility index (Phi) is 8.25. The van der Waals surface area contributed by atoms with Crippen molar-refractivity contribution in [3.05, 3.63) is 165 Å². The third kappa shape index (κ3) is 5.32. The van der Waals surface area contributed by atoms with Crippen LogP contribution in [0.5, 0.6) is 11.5 Å². The molecule has 68 heavy (non-hydrogen) atoms. The van der Waals surface area contributed by atoms with Crippen molar-refractivity contribution in [1.82, 2.24) is 0 Å². The van der Waals surface area contributed by atoms with Crippen molar-refractivity contribution in [2.45, 2.75) is 37.1 Å². The van der Waals surface area contributed by atoms with E-state index in [2.05, 4.69) is 99.4 Å². The highest BCUT2D eigenvalue weighted by Gasteiger charge is 2.57. The zero-order valence-electron chi connectivity index (χ0n) is 38.3. The van der Waals surface area contributed by atoms with Gasteiger partial charge in [-0.3, -0.25) is 0 Å². The van der Waals surface area contributed by atoms with E-state index in [1.165, 1.54) is 35.3 Å². The predicted octanol–water partition coefficient (Wildman–Crippen LogP) is 7.63. The maximum Gasteiger partial charge on any atom is 0.340 e. The van der Waals surface area contributed by atoms with Crippen LogP contribution in [-0.2, 0) is 25.4 Å². The lowest BCUT2D eigenvalue weighted by atomic mass is 9.76. The first-order valence-electron chi connectivity index (χ1n) is 24.1. The Morgan fingerprint density at radius 3 is 1.54 bits per heavy atom. The standard InChI is InChI=1S/C56H50N4O7Si/c1-64-52(61)33-10-15-41-47(24-33)56(67-54(41)63)43-16-11-36(57-20-6-21-57)25-48(43)65-49-26-37(12-17-44(49)56)59-29-34(30-59)35-31-60(32-35)39-14-19-46-51(28-39)68(2,3)50-27-38(58-22-7-23-58)13-18-45(50)55(46)42-9-5-4-8-40(42)53(62)66-55/h4-5,8-19,24-28,34-35H,6-7,20-23,29-32H2,1-3H3. The second-order valence-electron chi connectivity index (χ2n) is 20.5. The van der Waals surface area contributed by atoms with Gasteiger partial charge in [-0.25, -0.2) is 14.4 Å². The van der Waals surface area contributed by atoms with E-state index in [9.17, 15) is 14.4 Å². The van der Waals surface area contributed by atoms with Gasteiger partial charge < -0.3 is 38.5 Å². The van der Waals surface area contributed by atoms with Crippen LogP contribution in [-0.4, -0.2) is 85.4 Å². The van der Waals surface area contributed by atoms with E-state index >= 15 is 0 Å². The lowest BCUT2D eigenvalue weighted by Gasteiger charge is -2.52. The first-order chi connectivity index (χ1) is 33.0. The van der Waals surface area contributed by atoms with E-state index in [-0.39, 0.29) is 5.97 Å². The lowest BCUT2D eigenvalue weighted by Crippen LogP contribution is -2.64. The molecule has 4 fully saturated rings. The molecule has 0 radical (unpaired) electrons. The molecule has 8 aliphatic heterocycles. The molecule has 6 aromatic carbocycles. The molecule has 12 heteroatoms. The van der Waals surface area contributed by atoms with Gasteiger partial charge in [-0.1, -0.05) is 43.4 Å². The zero-order valence-corrected chi connectivity index (χ0v) is 39.3. The highest BCUT2D eigenvalue weighted by atomic mass is 28.3. The van der Waals surface area contributed by atoms with Gasteiger partial charge in [0.25, 0.3) is 0 Å². The number of hydrogen-bond acceptors (Lipinski definition) is 11. The number of carbonyl (C=O) groups excluding carboxylic acids is 3. The monoisotopic (exact) mass is 918 g/mol. The van der Waals surface area contributed by atoms with Crippen LogP contribution >= 0.6 is 0 Å². The maximum absolute atomic E-state index is 13.7. The van der Waals surface area contributed by atoms with Crippen LogP contribution in [0.4, 0.5) is 22.7 Å². The van der Waals surface area contributed by atoms with Crippen LogP contribution in [0.2, 0.25) is 13.1 Å². The van der Waals surface area contributed by atoms with Gasteiger partial charge in [0, 0.05) is 132 Å². The molecule has 6 aromatic rings. The van der Waals surface area contributed by atoms with Gasteiger partial charge >= 0.3 is 17.9 Å². The first-order valence-corrected chi connectivity index (χ1v) is 27.1. The quantitative estimate of drug-likeness (QED) is 0.0937. The molecule has 14 rings (SSSR count). The number of benzene rings is 6. The summed E-state index contributed by atoms with van der Waals surface area (Å²) in [5.41, 5.74) is 9.00. The summed E-state index contributed by atoms with van der Waals surface area (Å²) in [5.74, 6) is 1.19. The van der Waals surface area contributed by atoms with Crippen molar-refractivity contribution in [2.24, 2.45) is 11.8 Å². The molecule has 0 saturated carbocycles. The van der Waals surface area contributed by atoms with Crippen LogP contribution < -0.4 is 34.7 Å². The fraction of sp³-hybridized carbons (Fsp3) is 0.304. The molecule has 0 amide bonds. The third-order valence-electron chi connectivity index (χ3n) is 16.7. The van der Waals surface area contributed by atoms with E-state index < -0.39 is 31.2 Å². The van der Waals surface area contributed by atoms with Crippen molar-refractivity contribution < 1.29 is 33.3 Å². The van der Waals surface area contributed by atoms with Gasteiger partial charge in [-0.15, -0.1) is 0 Å². The highest BCUT2D eigenvalue weighted by Crippen LogP contribution is 2.58. The molecule has 2 atom stereocenters. The molecule has 2 unspecified atom stereocenters. The summed E-state index contributed by atoms with van der Waals surface area (Å²) in [6, 6.07) is 39.2. The number of esters is 3. The molecule has 8 aliphatic rings. The molecule has 0 bridgehead atoms. The summed E-state index contributed by atoms with van der Waals surface area (Å²) in [6.45, 7) is 12.9. The van der Waals surface area contributed by atoms with Gasteiger partial charge in [0.15, 0.2) is 11.2 Å². The number of carbonyl (C=O) groups is 3. The average Bonchev–Trinajstić information content (AvgIpc) is 3.74. The van der Waals surface area contributed by atoms with Crippen LogP contribution in [0.15, 0.2) is 115 Å². The number of methoxy groups -OCH3 is 1. The summed E-state index contributed by atoms with van der Waals surface area (Å²) in [6.07, 6.45) is 2.36. The zero-order chi connectivity index (χ0) is 45.8. The third-order valence-corrected chi connectivity index (χ3v) is 20.3. The van der Waals surface area contributed by atoms with Crippen molar-refractivity contribution in [3.8, 4) is 11.5 Å². The smallest absolute Gasteiger partial charge is 0.340 e. The Balaban J connectivity index is 0.737. The summed E-state index contributed by atoms with van der Waals surface area (Å²) in [4.78, 5) is 49.8. The number of rotatable bonds is 6. The van der Waals surface area contributed by atoms with E-state index in [1.54, 1.807) is 18.2 Å². The Labute approximate surface area is 395 Å². The highest BCUT2D eigenvalue weighted by molar-refractivity contribution is 7.01. The largest absolute Gasteiger partial charge is 0.465 e. The molecule has 11 nitrogen and oxygen atoms in total. The molecular weight excluding hydrogens is 869 g/mol. The van der Waals surface area contributed by atoms with E-state index in [0.29, 0.717) is 45.6 Å². The molecule has 0 aliphatic carbocycles. The summed E-state index contributed by atoms with van der Waals surface area (Å²) < 4.78 is 25.0. The molecule has 340 valence electrons. The van der Waals surface area contributed by atoms with Crippen LogP contribution in [0.25, 0.3) is 0 Å². The summed E-state index contributed by atoms with van der Waals surface area (Å²) >= 11 is 0. The predicted molar refractivity (Wildman–Crippen MR) is 262 cm³/mol. The Morgan fingerprint density at radius 1 is 0.544 bits per heavy atom. The SMILES string of the molecule is COC(=O)c1ccc2c(c1)C1(OC2=O)c2ccc(N3CCC3)cc2Oc2cc(N3CC(C4CN(c5ccc6c(c5)[Si](C)(C)c5cc(N7CCC7)ccc5C65OC(=O)c6ccccc65)C4)C3)ccc21. The normalized spacial score (nSPS) is 23.4. The van der Waals surface area contributed by atoms with Gasteiger partial charge in [-0.05, 0) is 96.0 Å². The fourth-order valence-electron chi connectivity index (χ4n) is 12.5. The summed E-state index contributed by atoms with van der Waals surface area (Å²) in [5, 5.41) is 2.68. The van der Waals surface area contributed by atoms with Crippen molar-refractivity contribution in [2.75, 3.05) is 79.1 Å². The average molecular weight is 919 g/mol. The molecule has 4 saturated heterocycles. The number of anilines is 4. The minimum Gasteiger partial charge on any atom is -0.465 e. The Hall–Kier alpha value is -7.05. The van der Waals surface area contributed by atoms with E-state index in [0.717, 1.165) is 98.0 Å². The Morgan fingerprint density at radius 2 is 1.01 bits per heavy atom. The van der Waals surface area contributed by atoms with Gasteiger partial charge in [-0.2, -0.15) is 0 Å². The minimum absolute atomic E-state index is 0.260. The van der Waals surface area contributed by atoms with Crippen molar-refractivity contribution in [3.63, 3.8) is 0 Å². The minimum atomic E-state index is -2.27. The van der Waals surface area contributed by atoms with Crippen LogP contribution in [0.1, 0.15) is 77.3 Å². The Bertz CT molecular complexity index is 3220. The van der Waals surface area contributed by atoms with E-state index in [1.807, 2.05) is 30.3 Å². The number of hydrogen-bond donors (Lipinski definition) is 0. The van der Waals surface area contributed by atoms with Crippen molar-refractivity contribution >= 4 is 59.1 Å². The van der Waals surface area contributed by atoms with Crippen LogP contribution in [0.3, 0.4) is 0 Å². The molecule has 0 aromatic heterocycles. The van der Waals surface area contributed by atoms with Crippen LogP contribution in [0, 0.1) is 11.8 Å². The second-order valence-corrected chi connectivity index (χ2v) is 24.8. The summed E-state index contributed by atoms with van der Waals surface area (Å²) in [7, 11) is -0.908. The first kappa shape index (κ1) is 40.1. The lowest BCUT2D eigenvalue weighted by molar-refractivity contribution is 0.0221. The molecule has 8 heterocycles. The van der Waals surface area contributed by atoms with Gasteiger partial charge in [0.05, 0.1) is 23.8 Å². The molecule has 0 N–H and O–H groups in total. The van der Waals surface area contributed by atoms with Crippen molar-refractivity contribution in [1.29, 1.82) is 0 Å². The van der Waals surface area contributed by atoms with E-state index in [4.69, 9.17) is 18.9 Å². The molecule has 2 spiro atoms. The fourth-order valence-corrected chi connectivity index (χ4v) is 15.7. The number of fused-ring (bicyclic) bond motifs is 12.